The molecule has 0 spiro atoms. The van der Waals surface area contributed by atoms with E-state index in [1.807, 2.05) is 25.2 Å². The Kier molecular flexibility index (Phi) is 8.01. The van der Waals surface area contributed by atoms with Gasteiger partial charge in [-0.2, -0.15) is 0 Å². The average molecular weight is 421 g/mol. The van der Waals surface area contributed by atoms with Crippen LogP contribution >= 0.6 is 0 Å². The van der Waals surface area contributed by atoms with E-state index in [0.29, 0.717) is 23.6 Å². The lowest BCUT2D eigenvalue weighted by atomic mass is 10.1. The highest BCUT2D eigenvalue weighted by atomic mass is 32.2. The Balaban J connectivity index is 1.96. The Labute approximate surface area is 172 Å². The first-order valence-corrected chi connectivity index (χ1v) is 11.4. The fourth-order valence-corrected chi connectivity index (χ4v) is 3.73. The third-order valence-corrected chi connectivity index (χ3v) is 5.48. The molecule has 0 saturated heterocycles. The molecule has 1 unspecified atom stereocenters. The molecule has 2 rings (SSSR count). The first-order valence-electron chi connectivity index (χ1n) is 9.37. The van der Waals surface area contributed by atoms with Crippen LogP contribution in [-0.2, 0) is 22.1 Å². The van der Waals surface area contributed by atoms with Crippen LogP contribution < -0.4 is 15.5 Å². The molecule has 158 valence electrons. The zero-order valence-electron chi connectivity index (χ0n) is 17.3. The summed E-state index contributed by atoms with van der Waals surface area (Å²) >= 11 is 0. The highest BCUT2D eigenvalue weighted by molar-refractivity contribution is 7.89. The van der Waals surface area contributed by atoms with Crippen LogP contribution in [0.2, 0.25) is 0 Å². The number of guanidine groups is 1. The van der Waals surface area contributed by atoms with E-state index in [0.717, 1.165) is 5.69 Å². The number of hydrogen-bond donors (Lipinski definition) is 2. The van der Waals surface area contributed by atoms with Crippen LogP contribution in [0, 0.1) is 5.82 Å². The van der Waals surface area contributed by atoms with Crippen molar-refractivity contribution in [1.29, 1.82) is 0 Å². The summed E-state index contributed by atoms with van der Waals surface area (Å²) in [5.41, 5.74) is 2.29. The number of benzene rings is 2. The van der Waals surface area contributed by atoms with Gasteiger partial charge in [0.2, 0.25) is 0 Å². The van der Waals surface area contributed by atoms with Crippen molar-refractivity contribution >= 4 is 21.5 Å². The van der Waals surface area contributed by atoms with Gasteiger partial charge in [-0.1, -0.05) is 24.3 Å². The van der Waals surface area contributed by atoms with Crippen molar-refractivity contribution in [2.45, 2.75) is 25.3 Å². The number of hydrogen-bond acceptors (Lipinski definition) is 4. The second-order valence-corrected chi connectivity index (χ2v) is 9.23. The largest absolute Gasteiger partial charge is 0.370 e. The molecule has 6 nitrogen and oxygen atoms in total. The number of likely N-dealkylation sites (N-methyl/N-ethyl adjacent to an activating group) is 1. The molecule has 8 heteroatoms. The van der Waals surface area contributed by atoms with E-state index in [1.54, 1.807) is 7.05 Å². The Bertz CT molecular complexity index is 933. The Morgan fingerprint density at radius 1 is 1.14 bits per heavy atom. The number of nitrogens with zero attached hydrogens (tertiary/aromatic N) is 2. The van der Waals surface area contributed by atoms with Gasteiger partial charge in [-0.3, -0.25) is 4.99 Å². The van der Waals surface area contributed by atoms with Crippen LogP contribution in [0.15, 0.2) is 53.5 Å². The average Bonchev–Trinajstić information content (AvgIpc) is 2.68. The topological polar surface area (TPSA) is 73.8 Å². The summed E-state index contributed by atoms with van der Waals surface area (Å²) in [5.74, 6) is 0.0304. The number of sulfone groups is 1. The lowest BCUT2D eigenvalue weighted by molar-refractivity contribution is 0.599. The maximum absolute atomic E-state index is 13.7. The van der Waals surface area contributed by atoms with Gasteiger partial charge in [-0.25, -0.2) is 12.8 Å². The molecule has 0 aromatic heterocycles. The van der Waals surface area contributed by atoms with Crippen LogP contribution in [0.4, 0.5) is 10.1 Å². The van der Waals surface area contributed by atoms with Crippen molar-refractivity contribution in [3.63, 3.8) is 0 Å². The maximum Gasteiger partial charge on any atom is 0.191 e. The molecule has 0 bridgehead atoms. The van der Waals surface area contributed by atoms with Crippen molar-refractivity contribution in [3.8, 4) is 0 Å². The summed E-state index contributed by atoms with van der Waals surface area (Å²) in [7, 11) is 0.471. The number of anilines is 1. The summed E-state index contributed by atoms with van der Waals surface area (Å²) < 4.78 is 36.9. The first kappa shape index (κ1) is 22.7. The Hall–Kier alpha value is -2.61. The molecule has 0 amide bonds. The van der Waals surface area contributed by atoms with Crippen molar-refractivity contribution in [2.24, 2.45) is 4.99 Å². The number of aliphatic imine (C=N–C) groups is 1. The lowest BCUT2D eigenvalue weighted by Crippen LogP contribution is -2.44. The third-order valence-electron chi connectivity index (χ3n) is 4.65. The van der Waals surface area contributed by atoms with Gasteiger partial charge < -0.3 is 15.5 Å². The zero-order chi connectivity index (χ0) is 21.4. The van der Waals surface area contributed by atoms with Crippen LogP contribution in [0.25, 0.3) is 0 Å². The highest BCUT2D eigenvalue weighted by Crippen LogP contribution is 2.15. The van der Waals surface area contributed by atoms with Gasteiger partial charge in [0.25, 0.3) is 0 Å². The Morgan fingerprint density at radius 3 is 2.45 bits per heavy atom. The van der Waals surface area contributed by atoms with Crippen molar-refractivity contribution < 1.29 is 12.8 Å². The molecule has 1 atom stereocenters. The molecule has 0 aliphatic heterocycles. The van der Waals surface area contributed by atoms with Crippen LogP contribution in [0.1, 0.15) is 18.1 Å². The van der Waals surface area contributed by atoms with Gasteiger partial charge in [0, 0.05) is 45.2 Å². The standard InChI is InChI=1S/C21H29FN4O2S/c1-16(26(3)20-8-6-5-7-9-20)13-24-21(23-2)25-14-18-12-19(22)11-10-17(18)15-29(4,27)28/h5-12,16H,13-15H2,1-4H3,(H2,23,24,25). The Morgan fingerprint density at radius 2 is 1.83 bits per heavy atom. The van der Waals surface area contributed by atoms with E-state index in [1.165, 1.54) is 24.5 Å². The molecule has 2 aromatic carbocycles. The summed E-state index contributed by atoms with van der Waals surface area (Å²) in [4.78, 5) is 6.36. The van der Waals surface area contributed by atoms with Crippen LogP contribution in [0.5, 0.6) is 0 Å². The molecule has 0 radical (unpaired) electrons. The predicted molar refractivity (Wildman–Crippen MR) is 117 cm³/mol. The van der Waals surface area contributed by atoms with Crippen molar-refractivity contribution in [3.05, 3.63) is 65.5 Å². The molecule has 2 aromatic rings. The van der Waals surface area contributed by atoms with Crippen LogP contribution in [-0.4, -0.2) is 47.3 Å². The maximum atomic E-state index is 13.7. The normalized spacial score (nSPS) is 13.1. The molecule has 0 aliphatic carbocycles. The lowest BCUT2D eigenvalue weighted by Gasteiger charge is -2.28. The fourth-order valence-electron chi connectivity index (χ4n) is 2.88. The molecular formula is C21H29FN4O2S. The second-order valence-electron chi connectivity index (χ2n) is 7.09. The van der Waals surface area contributed by atoms with Gasteiger partial charge in [0.15, 0.2) is 15.8 Å². The summed E-state index contributed by atoms with van der Waals surface area (Å²) in [6, 6.07) is 14.4. The summed E-state index contributed by atoms with van der Waals surface area (Å²) in [6.07, 6.45) is 1.17. The zero-order valence-corrected chi connectivity index (χ0v) is 18.1. The second kappa shape index (κ2) is 10.2. The smallest absolute Gasteiger partial charge is 0.191 e. The van der Waals surface area contributed by atoms with Gasteiger partial charge >= 0.3 is 0 Å². The van der Waals surface area contributed by atoms with E-state index in [9.17, 15) is 12.8 Å². The molecular weight excluding hydrogens is 391 g/mol. The van der Waals surface area contributed by atoms with Gasteiger partial charge in [-0.05, 0) is 42.3 Å². The number of rotatable bonds is 8. The van der Waals surface area contributed by atoms with Gasteiger partial charge in [0.05, 0.1) is 5.75 Å². The van der Waals surface area contributed by atoms with E-state index >= 15 is 0 Å². The predicted octanol–water partition coefficient (Wildman–Crippen LogP) is 2.56. The molecule has 0 saturated carbocycles. The van der Waals surface area contributed by atoms with Gasteiger partial charge in [0.1, 0.15) is 5.82 Å². The van der Waals surface area contributed by atoms with E-state index < -0.39 is 15.7 Å². The summed E-state index contributed by atoms with van der Waals surface area (Å²) in [5, 5.41) is 6.39. The van der Waals surface area contributed by atoms with Crippen molar-refractivity contribution in [2.75, 3.05) is 31.8 Å². The number of nitrogens with one attached hydrogen (secondary N) is 2. The quantitative estimate of drug-likeness (QED) is 0.507. The first-order chi connectivity index (χ1) is 13.7. The van der Waals surface area contributed by atoms with E-state index in [4.69, 9.17) is 0 Å². The van der Waals surface area contributed by atoms with E-state index in [-0.39, 0.29) is 18.3 Å². The molecule has 2 N–H and O–H groups in total. The number of para-hydroxylation sites is 1. The summed E-state index contributed by atoms with van der Waals surface area (Å²) in [6.45, 7) is 3.01. The molecule has 0 heterocycles. The highest BCUT2D eigenvalue weighted by Gasteiger charge is 2.13. The van der Waals surface area contributed by atoms with Gasteiger partial charge in [-0.15, -0.1) is 0 Å². The van der Waals surface area contributed by atoms with E-state index in [2.05, 4.69) is 39.6 Å². The third kappa shape index (κ3) is 7.38. The minimum absolute atomic E-state index is 0.130. The SMILES string of the molecule is CN=C(NCc1cc(F)ccc1CS(C)(=O)=O)NCC(C)N(C)c1ccccc1. The fraction of sp³-hybridized carbons (Fsp3) is 0.381. The molecule has 29 heavy (non-hydrogen) atoms. The van der Waals surface area contributed by atoms with Crippen molar-refractivity contribution in [1.82, 2.24) is 10.6 Å². The monoisotopic (exact) mass is 420 g/mol. The minimum Gasteiger partial charge on any atom is -0.370 e. The minimum atomic E-state index is -3.22. The number of halogens is 1. The molecule has 0 aliphatic rings. The molecule has 0 fully saturated rings. The van der Waals surface area contributed by atoms with Crippen LogP contribution in [0.3, 0.4) is 0 Å².